The molecular weight excluding hydrogens is 330 g/mol. The maximum Gasteiger partial charge on any atom is 0.317 e. The lowest BCUT2D eigenvalue weighted by atomic mass is 9.93. The smallest absolute Gasteiger partial charge is 0.317 e. The van der Waals surface area contributed by atoms with E-state index >= 15 is 0 Å². The molecule has 2 aliphatic heterocycles. The number of likely N-dealkylation sites (tertiary alicyclic amines) is 1. The zero-order chi connectivity index (χ0) is 18.1. The van der Waals surface area contributed by atoms with E-state index in [0.29, 0.717) is 17.7 Å². The number of nitrogens with zero attached hydrogens (tertiary/aromatic N) is 4. The van der Waals surface area contributed by atoms with Crippen molar-refractivity contribution < 1.29 is 9.59 Å². The Morgan fingerprint density at radius 1 is 1.08 bits per heavy atom. The summed E-state index contributed by atoms with van der Waals surface area (Å²) in [5.41, 5.74) is 1.72. The second kappa shape index (κ2) is 7.29. The van der Waals surface area contributed by atoms with E-state index in [0.717, 1.165) is 64.0 Å². The van der Waals surface area contributed by atoms with E-state index in [9.17, 15) is 9.59 Å². The molecule has 7 nitrogen and oxygen atoms in total. The molecule has 7 heteroatoms. The SMILES string of the molecule is CN1CCCn2nc(C3CCN(C(=O)NC4CCCC4)CC3)cc2C1=O. The van der Waals surface area contributed by atoms with Gasteiger partial charge in [0.15, 0.2) is 0 Å². The summed E-state index contributed by atoms with van der Waals surface area (Å²) in [4.78, 5) is 28.6. The number of nitrogens with one attached hydrogen (secondary N) is 1. The van der Waals surface area contributed by atoms with Crippen molar-refractivity contribution >= 4 is 11.9 Å². The first-order valence-electron chi connectivity index (χ1n) is 10.0. The number of amides is 3. The Morgan fingerprint density at radius 3 is 2.54 bits per heavy atom. The molecule has 1 aromatic heterocycles. The quantitative estimate of drug-likeness (QED) is 0.880. The molecule has 1 N–H and O–H groups in total. The Balaban J connectivity index is 1.36. The van der Waals surface area contributed by atoms with Crippen molar-refractivity contribution in [3.05, 3.63) is 17.5 Å². The zero-order valence-electron chi connectivity index (χ0n) is 15.6. The van der Waals surface area contributed by atoms with Gasteiger partial charge in [0.25, 0.3) is 5.91 Å². The van der Waals surface area contributed by atoms with Gasteiger partial charge in [0.1, 0.15) is 5.69 Å². The molecule has 0 spiro atoms. The largest absolute Gasteiger partial charge is 0.340 e. The molecule has 4 rings (SSSR count). The van der Waals surface area contributed by atoms with E-state index in [-0.39, 0.29) is 11.9 Å². The van der Waals surface area contributed by atoms with Crippen LogP contribution in [-0.2, 0) is 6.54 Å². The molecule has 0 radical (unpaired) electrons. The van der Waals surface area contributed by atoms with Gasteiger partial charge in [-0.15, -0.1) is 0 Å². The van der Waals surface area contributed by atoms with E-state index in [4.69, 9.17) is 5.10 Å². The number of carbonyl (C=O) groups excluding carboxylic acids is 2. The Morgan fingerprint density at radius 2 is 1.81 bits per heavy atom. The van der Waals surface area contributed by atoms with Crippen molar-refractivity contribution in [3.8, 4) is 0 Å². The predicted octanol–water partition coefficient (Wildman–Crippen LogP) is 2.19. The van der Waals surface area contributed by atoms with Gasteiger partial charge in [-0.2, -0.15) is 5.10 Å². The van der Waals surface area contributed by atoms with E-state index in [2.05, 4.69) is 5.32 Å². The van der Waals surface area contributed by atoms with Crippen LogP contribution in [0.5, 0.6) is 0 Å². The van der Waals surface area contributed by atoms with Crippen LogP contribution in [0.4, 0.5) is 4.79 Å². The number of rotatable bonds is 2. The first-order valence-corrected chi connectivity index (χ1v) is 10.0. The minimum atomic E-state index is 0.0645. The third-order valence-corrected chi connectivity index (χ3v) is 6.11. The standard InChI is InChI=1S/C19H29N5O2/c1-22-9-4-10-24-17(18(22)25)13-16(21-24)14-7-11-23(12-8-14)19(26)20-15-5-2-3-6-15/h13-15H,2-12H2,1H3,(H,20,26). The average Bonchev–Trinajstić information content (AvgIpc) is 3.28. The van der Waals surface area contributed by atoms with Gasteiger partial charge in [0.05, 0.1) is 5.69 Å². The molecule has 1 aromatic rings. The van der Waals surface area contributed by atoms with Crippen LogP contribution in [0, 0.1) is 0 Å². The maximum atomic E-state index is 12.4. The molecule has 3 aliphatic rings. The molecule has 142 valence electrons. The number of aromatic nitrogens is 2. The molecule has 0 unspecified atom stereocenters. The number of piperidine rings is 1. The average molecular weight is 359 g/mol. The summed E-state index contributed by atoms with van der Waals surface area (Å²) in [6, 6.07) is 2.43. The molecule has 1 saturated heterocycles. The molecule has 0 aromatic carbocycles. The number of aryl methyl sites for hydroxylation is 1. The lowest BCUT2D eigenvalue weighted by molar-refractivity contribution is 0.0796. The number of carbonyl (C=O) groups is 2. The van der Waals surface area contributed by atoms with Crippen LogP contribution in [-0.4, -0.2) is 64.2 Å². The monoisotopic (exact) mass is 359 g/mol. The van der Waals surface area contributed by atoms with Crippen molar-refractivity contribution in [2.45, 2.75) is 63.5 Å². The van der Waals surface area contributed by atoms with Gasteiger partial charge < -0.3 is 15.1 Å². The van der Waals surface area contributed by atoms with Crippen LogP contribution in [0.2, 0.25) is 0 Å². The second-order valence-electron chi connectivity index (χ2n) is 7.95. The number of fused-ring (bicyclic) bond motifs is 1. The van der Waals surface area contributed by atoms with Gasteiger partial charge in [-0.1, -0.05) is 12.8 Å². The number of hydrogen-bond donors (Lipinski definition) is 1. The molecule has 2 fully saturated rings. The summed E-state index contributed by atoms with van der Waals surface area (Å²) in [6.45, 7) is 3.11. The molecule has 1 aliphatic carbocycles. The van der Waals surface area contributed by atoms with Crippen LogP contribution in [0.25, 0.3) is 0 Å². The van der Waals surface area contributed by atoms with Gasteiger partial charge in [0.2, 0.25) is 0 Å². The topological polar surface area (TPSA) is 70.5 Å². The second-order valence-corrected chi connectivity index (χ2v) is 7.95. The molecule has 0 bridgehead atoms. The Hall–Kier alpha value is -2.05. The first kappa shape index (κ1) is 17.4. The van der Waals surface area contributed by atoms with Gasteiger partial charge >= 0.3 is 6.03 Å². The van der Waals surface area contributed by atoms with Gasteiger partial charge in [-0.05, 0) is 38.2 Å². The summed E-state index contributed by atoms with van der Waals surface area (Å²) < 4.78 is 1.88. The highest BCUT2D eigenvalue weighted by Crippen LogP contribution is 2.29. The fourth-order valence-electron chi connectivity index (χ4n) is 4.45. The van der Waals surface area contributed by atoms with Gasteiger partial charge in [-0.3, -0.25) is 9.48 Å². The highest BCUT2D eigenvalue weighted by Gasteiger charge is 2.29. The molecular formula is C19H29N5O2. The minimum Gasteiger partial charge on any atom is -0.340 e. The minimum absolute atomic E-state index is 0.0645. The Labute approximate surface area is 154 Å². The summed E-state index contributed by atoms with van der Waals surface area (Å²) in [7, 11) is 1.85. The highest BCUT2D eigenvalue weighted by atomic mass is 16.2. The van der Waals surface area contributed by atoms with Crippen molar-refractivity contribution in [2.24, 2.45) is 0 Å². The third kappa shape index (κ3) is 3.44. The fraction of sp³-hybridized carbons (Fsp3) is 0.737. The van der Waals surface area contributed by atoms with E-state index in [1.165, 1.54) is 12.8 Å². The van der Waals surface area contributed by atoms with Crippen LogP contribution in [0.1, 0.15) is 67.0 Å². The highest BCUT2D eigenvalue weighted by molar-refractivity contribution is 5.92. The number of urea groups is 1. The molecule has 26 heavy (non-hydrogen) atoms. The summed E-state index contributed by atoms with van der Waals surface area (Å²) in [5.74, 6) is 0.401. The zero-order valence-corrected chi connectivity index (χ0v) is 15.6. The number of hydrogen-bond acceptors (Lipinski definition) is 3. The maximum absolute atomic E-state index is 12.4. The normalized spacial score (nSPS) is 22.4. The molecule has 0 atom stereocenters. The van der Waals surface area contributed by atoms with E-state index in [1.54, 1.807) is 4.90 Å². The third-order valence-electron chi connectivity index (χ3n) is 6.11. The molecule has 3 heterocycles. The van der Waals surface area contributed by atoms with Crippen LogP contribution < -0.4 is 5.32 Å². The van der Waals surface area contributed by atoms with E-state index < -0.39 is 0 Å². The lowest BCUT2D eigenvalue weighted by Gasteiger charge is -2.32. The fourth-order valence-corrected chi connectivity index (χ4v) is 4.45. The van der Waals surface area contributed by atoms with Crippen LogP contribution in [0.3, 0.4) is 0 Å². The Bertz CT molecular complexity index is 671. The Kier molecular flexibility index (Phi) is 4.87. The van der Waals surface area contributed by atoms with E-state index in [1.807, 2.05) is 22.7 Å². The first-order chi connectivity index (χ1) is 12.6. The van der Waals surface area contributed by atoms with Gasteiger partial charge in [-0.25, -0.2) is 4.79 Å². The van der Waals surface area contributed by atoms with Crippen molar-refractivity contribution in [1.82, 2.24) is 24.9 Å². The van der Waals surface area contributed by atoms with Crippen LogP contribution in [0.15, 0.2) is 6.07 Å². The van der Waals surface area contributed by atoms with Crippen molar-refractivity contribution in [1.29, 1.82) is 0 Å². The molecule has 1 saturated carbocycles. The van der Waals surface area contributed by atoms with Crippen LogP contribution >= 0.6 is 0 Å². The predicted molar refractivity (Wildman–Crippen MR) is 98.1 cm³/mol. The molecule has 3 amide bonds. The summed E-state index contributed by atoms with van der Waals surface area (Å²) in [6.07, 6.45) is 7.46. The van der Waals surface area contributed by atoms with Gasteiger partial charge in [0, 0.05) is 45.2 Å². The summed E-state index contributed by atoms with van der Waals surface area (Å²) >= 11 is 0. The summed E-state index contributed by atoms with van der Waals surface area (Å²) in [5, 5.41) is 7.90. The lowest BCUT2D eigenvalue weighted by Crippen LogP contribution is -2.47. The van der Waals surface area contributed by atoms with Crippen molar-refractivity contribution in [2.75, 3.05) is 26.7 Å². The van der Waals surface area contributed by atoms with Crippen molar-refractivity contribution in [3.63, 3.8) is 0 Å².